The molecule has 0 spiro atoms. The van der Waals surface area contributed by atoms with Crippen LogP contribution in [-0.4, -0.2) is 11.9 Å². The van der Waals surface area contributed by atoms with Crippen molar-refractivity contribution in [2.45, 2.75) is 51.7 Å². The molecule has 0 bridgehead atoms. The first-order valence-electron chi connectivity index (χ1n) is 6.40. The molecule has 0 amide bonds. The van der Waals surface area contributed by atoms with Gasteiger partial charge in [0.15, 0.2) is 6.29 Å². The quantitative estimate of drug-likeness (QED) is 0.640. The second kappa shape index (κ2) is 7.23. The third-order valence-electron chi connectivity index (χ3n) is 3.14. The highest BCUT2D eigenvalue weighted by molar-refractivity contribution is 5.62. The number of hydrogen-bond acceptors (Lipinski definition) is 2. The van der Waals surface area contributed by atoms with Crippen molar-refractivity contribution >= 4 is 6.29 Å². The zero-order chi connectivity index (χ0) is 12.6. The van der Waals surface area contributed by atoms with E-state index in [0.717, 1.165) is 37.5 Å². The lowest BCUT2D eigenvalue weighted by Crippen LogP contribution is -2.33. The molecule has 1 atom stereocenters. The average molecular weight is 234 g/mol. The van der Waals surface area contributed by atoms with Crippen molar-refractivity contribution in [3.05, 3.63) is 35.9 Å². The van der Waals surface area contributed by atoms with E-state index in [1.165, 1.54) is 0 Å². The fourth-order valence-electron chi connectivity index (χ4n) is 1.80. The van der Waals surface area contributed by atoms with Crippen LogP contribution in [0.15, 0.2) is 30.3 Å². The van der Waals surface area contributed by atoms with Gasteiger partial charge in [-0.2, -0.15) is 0 Å². The molecule has 0 aromatic heterocycles. The van der Waals surface area contributed by atoms with E-state index in [2.05, 4.69) is 6.92 Å². The van der Waals surface area contributed by atoms with Crippen molar-refractivity contribution < 1.29 is 9.53 Å². The number of rotatable bonds is 8. The van der Waals surface area contributed by atoms with E-state index in [4.69, 9.17) is 4.74 Å². The highest BCUT2D eigenvalue weighted by Crippen LogP contribution is 2.22. The van der Waals surface area contributed by atoms with Crippen LogP contribution in [0.25, 0.3) is 0 Å². The number of aldehydes is 1. The van der Waals surface area contributed by atoms with Crippen molar-refractivity contribution in [3.63, 3.8) is 0 Å². The van der Waals surface area contributed by atoms with Gasteiger partial charge in [-0.05, 0) is 18.4 Å². The maximum absolute atomic E-state index is 11.3. The first-order valence-corrected chi connectivity index (χ1v) is 6.40. The summed E-state index contributed by atoms with van der Waals surface area (Å²) in [5.41, 5.74) is 0.523. The van der Waals surface area contributed by atoms with Crippen molar-refractivity contribution in [3.8, 4) is 0 Å². The highest BCUT2D eigenvalue weighted by Gasteiger charge is 2.27. The predicted octanol–water partition coefficient (Wildman–Crippen LogP) is 3.74. The van der Waals surface area contributed by atoms with E-state index in [1.807, 2.05) is 37.3 Å². The summed E-state index contributed by atoms with van der Waals surface area (Å²) in [6.45, 7) is 4.65. The Bertz CT molecular complexity index is 321. The molecule has 0 saturated carbocycles. The Morgan fingerprint density at radius 3 is 2.47 bits per heavy atom. The molecule has 0 radical (unpaired) electrons. The van der Waals surface area contributed by atoms with Crippen molar-refractivity contribution in [1.82, 2.24) is 0 Å². The third kappa shape index (κ3) is 4.31. The van der Waals surface area contributed by atoms with Gasteiger partial charge >= 0.3 is 0 Å². The monoisotopic (exact) mass is 234 g/mol. The summed E-state index contributed by atoms with van der Waals surface area (Å²) in [6.07, 6.45) is 4.65. The number of carbonyl (C=O) groups is 1. The maximum atomic E-state index is 11.3. The van der Waals surface area contributed by atoms with Crippen LogP contribution < -0.4 is 0 Å². The van der Waals surface area contributed by atoms with E-state index in [-0.39, 0.29) is 0 Å². The average Bonchev–Trinajstić information content (AvgIpc) is 2.41. The van der Waals surface area contributed by atoms with Crippen molar-refractivity contribution in [2.75, 3.05) is 0 Å². The Hall–Kier alpha value is -1.15. The summed E-state index contributed by atoms with van der Waals surface area (Å²) in [5, 5.41) is 0. The van der Waals surface area contributed by atoms with E-state index in [0.29, 0.717) is 6.61 Å². The molecular formula is C15H22O2. The predicted molar refractivity (Wildman–Crippen MR) is 69.8 cm³/mol. The van der Waals surface area contributed by atoms with Gasteiger partial charge < -0.3 is 9.53 Å². The fraction of sp³-hybridized carbons (Fsp3) is 0.533. The van der Waals surface area contributed by atoms with Gasteiger partial charge in [0.25, 0.3) is 0 Å². The van der Waals surface area contributed by atoms with Crippen LogP contribution in [0.5, 0.6) is 0 Å². The fourth-order valence-corrected chi connectivity index (χ4v) is 1.80. The minimum atomic E-state index is -0.591. The molecule has 17 heavy (non-hydrogen) atoms. The van der Waals surface area contributed by atoms with E-state index in [9.17, 15) is 4.79 Å². The summed E-state index contributed by atoms with van der Waals surface area (Å²) in [5.74, 6) is 0. The van der Waals surface area contributed by atoms with Gasteiger partial charge in [0.2, 0.25) is 0 Å². The number of benzene rings is 1. The molecule has 1 aromatic carbocycles. The number of hydrogen-bond donors (Lipinski definition) is 0. The number of unbranched alkanes of at least 4 members (excludes halogenated alkanes) is 1. The van der Waals surface area contributed by atoms with Gasteiger partial charge in [-0.1, -0.05) is 57.0 Å². The summed E-state index contributed by atoms with van der Waals surface area (Å²) in [4.78, 5) is 11.3. The molecule has 1 aromatic rings. The zero-order valence-electron chi connectivity index (χ0n) is 10.8. The number of carbonyl (C=O) groups excluding carboxylic acids is 1. The molecular weight excluding hydrogens is 212 g/mol. The smallest absolute Gasteiger partial charge is 0.151 e. The Morgan fingerprint density at radius 2 is 1.94 bits per heavy atom. The summed E-state index contributed by atoms with van der Waals surface area (Å²) in [7, 11) is 0. The molecule has 0 aliphatic heterocycles. The number of ether oxygens (including phenoxy) is 1. The van der Waals surface area contributed by atoms with Crippen LogP contribution in [0.2, 0.25) is 0 Å². The van der Waals surface area contributed by atoms with Crippen LogP contribution >= 0.6 is 0 Å². The van der Waals surface area contributed by atoms with Crippen molar-refractivity contribution in [2.24, 2.45) is 0 Å². The van der Waals surface area contributed by atoms with Crippen LogP contribution in [0.4, 0.5) is 0 Å². The topological polar surface area (TPSA) is 26.3 Å². The summed E-state index contributed by atoms with van der Waals surface area (Å²) in [6, 6.07) is 9.99. The lowest BCUT2D eigenvalue weighted by Gasteiger charge is -2.27. The Labute approximate surface area is 104 Å². The van der Waals surface area contributed by atoms with Gasteiger partial charge in [-0.15, -0.1) is 0 Å². The molecule has 1 rings (SSSR count). The normalized spacial score (nSPS) is 14.2. The molecule has 0 aliphatic rings. The summed E-state index contributed by atoms with van der Waals surface area (Å²) >= 11 is 0. The minimum Gasteiger partial charge on any atom is -0.363 e. The van der Waals surface area contributed by atoms with Crippen LogP contribution in [0.1, 0.15) is 45.1 Å². The van der Waals surface area contributed by atoms with Gasteiger partial charge in [-0.25, -0.2) is 0 Å². The minimum absolute atomic E-state index is 0.511. The van der Waals surface area contributed by atoms with E-state index >= 15 is 0 Å². The first kappa shape index (κ1) is 13.9. The molecule has 1 unspecified atom stereocenters. The SMILES string of the molecule is CCCCC(C=O)(CC)OCc1ccccc1. The van der Waals surface area contributed by atoms with E-state index < -0.39 is 5.60 Å². The molecule has 94 valence electrons. The van der Waals surface area contributed by atoms with Gasteiger partial charge in [0.1, 0.15) is 5.60 Å². The van der Waals surface area contributed by atoms with Gasteiger partial charge in [0, 0.05) is 0 Å². The molecule has 2 heteroatoms. The lowest BCUT2D eigenvalue weighted by atomic mass is 9.95. The van der Waals surface area contributed by atoms with Crippen LogP contribution in [0.3, 0.4) is 0 Å². The molecule has 0 saturated heterocycles. The Morgan fingerprint density at radius 1 is 1.24 bits per heavy atom. The standard InChI is InChI=1S/C15H22O2/c1-3-5-11-15(4-2,13-16)17-12-14-9-7-6-8-10-14/h6-10,13H,3-5,11-12H2,1-2H3. The first-order chi connectivity index (χ1) is 8.26. The molecule has 2 nitrogen and oxygen atoms in total. The van der Waals surface area contributed by atoms with Crippen LogP contribution in [-0.2, 0) is 16.1 Å². The third-order valence-corrected chi connectivity index (χ3v) is 3.14. The molecule has 0 aliphatic carbocycles. The Balaban J connectivity index is 2.57. The molecule has 0 heterocycles. The Kier molecular flexibility index (Phi) is 5.92. The second-order valence-corrected chi connectivity index (χ2v) is 4.41. The van der Waals surface area contributed by atoms with Crippen molar-refractivity contribution in [1.29, 1.82) is 0 Å². The summed E-state index contributed by atoms with van der Waals surface area (Å²) < 4.78 is 5.85. The second-order valence-electron chi connectivity index (χ2n) is 4.41. The molecule has 0 N–H and O–H groups in total. The highest BCUT2D eigenvalue weighted by atomic mass is 16.5. The van der Waals surface area contributed by atoms with E-state index in [1.54, 1.807) is 0 Å². The van der Waals surface area contributed by atoms with Gasteiger partial charge in [0.05, 0.1) is 6.61 Å². The van der Waals surface area contributed by atoms with Crippen LogP contribution in [0, 0.1) is 0 Å². The molecule has 0 fully saturated rings. The van der Waals surface area contributed by atoms with Gasteiger partial charge in [-0.3, -0.25) is 0 Å². The maximum Gasteiger partial charge on any atom is 0.151 e. The lowest BCUT2D eigenvalue weighted by molar-refractivity contribution is -0.135. The largest absolute Gasteiger partial charge is 0.363 e. The zero-order valence-corrected chi connectivity index (χ0v) is 10.8.